The van der Waals surface area contributed by atoms with E-state index >= 15 is 0 Å². The van der Waals surface area contributed by atoms with Crippen LogP contribution in [0, 0.1) is 24.2 Å². The minimum atomic E-state index is -5.08. The number of aryl methyl sites for hydroxylation is 1. The first-order chi connectivity index (χ1) is 15.5. The second-order valence-corrected chi connectivity index (χ2v) is 9.68. The van der Waals surface area contributed by atoms with Gasteiger partial charge in [0.1, 0.15) is 0 Å². The first-order valence-electron chi connectivity index (χ1n) is 11.4. The van der Waals surface area contributed by atoms with Crippen molar-refractivity contribution in [2.45, 2.75) is 38.8 Å². The highest BCUT2D eigenvalue weighted by Gasteiger charge is 2.51. The smallest absolute Gasteiger partial charge is 0.475 e. The van der Waals surface area contributed by atoms with Gasteiger partial charge in [-0.15, -0.1) is 0 Å². The molecule has 1 spiro atoms. The minimum absolute atomic E-state index is 0.244. The zero-order valence-electron chi connectivity index (χ0n) is 19.2. The average Bonchev–Trinajstić information content (AvgIpc) is 3.35. The molecule has 3 fully saturated rings. The molecule has 0 bridgehead atoms. The molecule has 2 heterocycles. The van der Waals surface area contributed by atoms with E-state index in [0.29, 0.717) is 12.3 Å². The highest BCUT2D eigenvalue weighted by atomic mass is 19.4. The van der Waals surface area contributed by atoms with E-state index in [0.717, 1.165) is 50.7 Å². The summed E-state index contributed by atoms with van der Waals surface area (Å²) in [4.78, 5) is 26.5. The maximum Gasteiger partial charge on any atom is 0.490 e. The molecule has 6 nitrogen and oxygen atoms in total. The molecule has 1 aromatic rings. The predicted molar refractivity (Wildman–Crippen MR) is 117 cm³/mol. The van der Waals surface area contributed by atoms with Crippen LogP contribution in [0.2, 0.25) is 0 Å². The quantitative estimate of drug-likeness (QED) is 0.691. The molecule has 2 saturated heterocycles. The number of nitrogens with zero attached hydrogens (tertiary/aromatic N) is 2. The van der Waals surface area contributed by atoms with Crippen LogP contribution in [-0.4, -0.2) is 79.4 Å². The molecule has 0 unspecified atom stereocenters. The van der Waals surface area contributed by atoms with Crippen molar-refractivity contribution in [3.8, 4) is 0 Å². The normalized spacial score (nSPS) is 25.2. The van der Waals surface area contributed by atoms with E-state index < -0.39 is 12.1 Å². The summed E-state index contributed by atoms with van der Waals surface area (Å²) in [6, 6.07) is 8.35. The van der Waals surface area contributed by atoms with E-state index in [4.69, 9.17) is 14.6 Å². The molecule has 1 aromatic carbocycles. The van der Waals surface area contributed by atoms with Crippen molar-refractivity contribution in [1.29, 1.82) is 0 Å². The Hall–Kier alpha value is -2.13. The Balaban J connectivity index is 0.000000383. The van der Waals surface area contributed by atoms with Crippen molar-refractivity contribution < 1.29 is 32.6 Å². The van der Waals surface area contributed by atoms with Crippen LogP contribution in [0.5, 0.6) is 0 Å². The van der Waals surface area contributed by atoms with Crippen molar-refractivity contribution in [2.75, 3.05) is 46.4 Å². The maximum atomic E-state index is 12.9. The summed E-state index contributed by atoms with van der Waals surface area (Å²) in [6.45, 7) is 8.25. The molecule has 184 valence electrons. The van der Waals surface area contributed by atoms with Crippen molar-refractivity contribution in [2.24, 2.45) is 17.3 Å². The third-order valence-electron chi connectivity index (χ3n) is 6.92. The number of amides is 1. The molecule has 2 aliphatic heterocycles. The van der Waals surface area contributed by atoms with Gasteiger partial charge < -0.3 is 19.6 Å². The zero-order chi connectivity index (χ0) is 24.2. The second-order valence-electron chi connectivity index (χ2n) is 9.68. The summed E-state index contributed by atoms with van der Waals surface area (Å²) in [6.07, 6.45) is -0.627. The molecular formula is C24H33F3N2O4. The van der Waals surface area contributed by atoms with E-state index in [9.17, 15) is 18.0 Å². The number of carboxylic acids is 1. The van der Waals surface area contributed by atoms with Crippen LogP contribution < -0.4 is 0 Å². The number of carboxylic acid groups (broad SMARTS) is 1. The van der Waals surface area contributed by atoms with Gasteiger partial charge in [-0.2, -0.15) is 13.2 Å². The topological polar surface area (TPSA) is 70.1 Å². The highest BCUT2D eigenvalue weighted by molar-refractivity contribution is 5.79. The van der Waals surface area contributed by atoms with Crippen LogP contribution in [-0.2, 0) is 20.7 Å². The number of aliphatic carboxylic acids is 1. The molecule has 1 N–H and O–H groups in total. The molecular weight excluding hydrogens is 437 g/mol. The first-order valence-corrected chi connectivity index (χ1v) is 11.4. The Labute approximate surface area is 192 Å². The lowest BCUT2D eigenvalue weighted by atomic mass is 9.77. The second kappa shape index (κ2) is 10.4. The van der Waals surface area contributed by atoms with Crippen molar-refractivity contribution in [1.82, 2.24) is 9.80 Å². The zero-order valence-corrected chi connectivity index (χ0v) is 19.2. The fraction of sp³-hybridized carbons (Fsp3) is 0.667. The van der Waals surface area contributed by atoms with Crippen LogP contribution in [0.4, 0.5) is 13.2 Å². The number of hydrogen-bond acceptors (Lipinski definition) is 4. The SMILES string of the molecule is COC[C@@H]1CN(CC2CC2)C[C@@]12CCN(C(=O)Cc1ccc(C)cc1)C2.O=C(O)C(F)(F)F. The molecule has 1 saturated carbocycles. The number of halogens is 3. The van der Waals surface area contributed by atoms with E-state index in [1.54, 1.807) is 0 Å². The Morgan fingerprint density at radius 3 is 2.36 bits per heavy atom. The highest BCUT2D eigenvalue weighted by Crippen LogP contribution is 2.45. The maximum absolute atomic E-state index is 12.9. The first kappa shape index (κ1) is 25.5. The molecule has 0 radical (unpaired) electrons. The number of hydrogen-bond donors (Lipinski definition) is 1. The fourth-order valence-electron chi connectivity index (χ4n) is 4.94. The van der Waals surface area contributed by atoms with Crippen molar-refractivity contribution in [3.63, 3.8) is 0 Å². The van der Waals surface area contributed by atoms with Gasteiger partial charge >= 0.3 is 12.1 Å². The van der Waals surface area contributed by atoms with Gasteiger partial charge in [0.05, 0.1) is 13.0 Å². The molecule has 4 rings (SSSR count). The lowest BCUT2D eigenvalue weighted by molar-refractivity contribution is -0.192. The molecule has 3 aliphatic rings. The average molecular weight is 471 g/mol. The van der Waals surface area contributed by atoms with Crippen molar-refractivity contribution in [3.05, 3.63) is 35.4 Å². The van der Waals surface area contributed by atoms with Crippen LogP contribution >= 0.6 is 0 Å². The van der Waals surface area contributed by atoms with Gasteiger partial charge in [0.25, 0.3) is 0 Å². The van der Waals surface area contributed by atoms with E-state index in [1.165, 1.54) is 24.9 Å². The number of methoxy groups -OCH3 is 1. The van der Waals surface area contributed by atoms with Gasteiger partial charge in [0, 0.05) is 51.2 Å². The monoisotopic (exact) mass is 470 g/mol. The summed E-state index contributed by atoms with van der Waals surface area (Å²) in [7, 11) is 1.81. The lowest BCUT2D eigenvalue weighted by Gasteiger charge is -2.30. The predicted octanol–water partition coefficient (Wildman–Crippen LogP) is 3.38. The number of likely N-dealkylation sites (tertiary alicyclic amines) is 2. The standard InChI is InChI=1S/C22H32N2O2.C2HF3O2/c1-17-3-5-18(6-4-17)11-21(25)24-10-9-22(16-24)15-23(12-19-7-8-19)13-20(22)14-26-2;3-2(4,5)1(6)7/h3-6,19-20H,7-16H2,1-2H3;(H,6,7)/t20-,22+;/m0./s1. The third kappa shape index (κ3) is 6.93. The number of ether oxygens (including phenoxy) is 1. The van der Waals surface area contributed by atoms with Crippen LogP contribution in [0.3, 0.4) is 0 Å². The lowest BCUT2D eigenvalue weighted by Crippen LogP contribution is -2.38. The fourth-order valence-corrected chi connectivity index (χ4v) is 4.94. The Morgan fingerprint density at radius 1 is 1.18 bits per heavy atom. The van der Waals surface area contributed by atoms with Gasteiger partial charge in [0.15, 0.2) is 0 Å². The molecule has 2 atom stereocenters. The number of carbonyl (C=O) groups is 2. The molecule has 9 heteroatoms. The van der Waals surface area contributed by atoms with E-state index in [1.807, 2.05) is 7.11 Å². The molecule has 0 aromatic heterocycles. The van der Waals surface area contributed by atoms with E-state index in [2.05, 4.69) is 41.0 Å². The minimum Gasteiger partial charge on any atom is -0.475 e. The Bertz CT molecular complexity index is 826. The Morgan fingerprint density at radius 2 is 1.82 bits per heavy atom. The van der Waals surface area contributed by atoms with Gasteiger partial charge in [-0.3, -0.25) is 4.79 Å². The number of alkyl halides is 3. The number of rotatable bonds is 6. The van der Waals surface area contributed by atoms with Gasteiger partial charge in [-0.05, 0) is 37.7 Å². The summed E-state index contributed by atoms with van der Waals surface area (Å²) in [5.41, 5.74) is 2.61. The summed E-state index contributed by atoms with van der Waals surface area (Å²) in [5, 5.41) is 7.12. The van der Waals surface area contributed by atoms with E-state index in [-0.39, 0.29) is 11.3 Å². The van der Waals surface area contributed by atoms with Gasteiger partial charge in [-0.1, -0.05) is 29.8 Å². The molecule has 33 heavy (non-hydrogen) atoms. The van der Waals surface area contributed by atoms with Gasteiger partial charge in [-0.25, -0.2) is 4.79 Å². The third-order valence-corrected chi connectivity index (χ3v) is 6.92. The van der Waals surface area contributed by atoms with Gasteiger partial charge in [0.2, 0.25) is 5.91 Å². The summed E-state index contributed by atoms with van der Waals surface area (Å²) < 4.78 is 37.3. The molecule has 1 aliphatic carbocycles. The van der Waals surface area contributed by atoms with Crippen LogP contribution in [0.15, 0.2) is 24.3 Å². The molecule has 1 amide bonds. The summed E-state index contributed by atoms with van der Waals surface area (Å²) in [5.74, 6) is -0.993. The Kier molecular flexibility index (Phi) is 8.05. The number of benzene rings is 1. The summed E-state index contributed by atoms with van der Waals surface area (Å²) >= 11 is 0. The van der Waals surface area contributed by atoms with Crippen molar-refractivity contribution >= 4 is 11.9 Å². The largest absolute Gasteiger partial charge is 0.490 e. The van der Waals surface area contributed by atoms with Crippen LogP contribution in [0.25, 0.3) is 0 Å². The number of carbonyl (C=O) groups excluding carboxylic acids is 1. The van der Waals surface area contributed by atoms with Crippen LogP contribution in [0.1, 0.15) is 30.4 Å².